The summed E-state index contributed by atoms with van der Waals surface area (Å²) in [5.74, 6) is 0.793. The molecule has 1 heterocycles. The maximum Gasteiger partial charge on any atom is 0.126 e. The zero-order valence-electron chi connectivity index (χ0n) is 8.57. The van der Waals surface area contributed by atoms with Crippen molar-refractivity contribution < 1.29 is 5.11 Å². The summed E-state index contributed by atoms with van der Waals surface area (Å²) in [5, 5.41) is 12.2. The highest BCUT2D eigenvalue weighted by Gasteiger charge is 2.08. The Morgan fingerprint density at radius 3 is 2.93 bits per heavy atom. The molecule has 0 spiro atoms. The molecular weight excluding hydrogens is 178 g/mol. The molecule has 4 N–H and O–H groups in total. The second-order valence-electron chi connectivity index (χ2n) is 3.50. The summed E-state index contributed by atoms with van der Waals surface area (Å²) >= 11 is 0. The van der Waals surface area contributed by atoms with Gasteiger partial charge in [-0.1, -0.05) is 0 Å². The summed E-state index contributed by atoms with van der Waals surface area (Å²) in [6.45, 7) is 4.20. The maximum atomic E-state index is 9.17. The van der Waals surface area contributed by atoms with Crippen LogP contribution in [0.25, 0.3) is 0 Å². The lowest BCUT2D eigenvalue weighted by atomic mass is 10.2. The molecule has 0 fully saturated rings. The van der Waals surface area contributed by atoms with Crippen molar-refractivity contribution in [1.29, 1.82) is 0 Å². The molecule has 14 heavy (non-hydrogen) atoms. The number of nitrogens with zero attached hydrogens (tertiary/aromatic N) is 1. The van der Waals surface area contributed by atoms with E-state index in [1.807, 2.05) is 19.1 Å². The minimum absolute atomic E-state index is 0.266. The van der Waals surface area contributed by atoms with E-state index < -0.39 is 6.10 Å². The van der Waals surface area contributed by atoms with Crippen LogP contribution in [0.1, 0.15) is 12.5 Å². The van der Waals surface area contributed by atoms with E-state index in [0.717, 1.165) is 11.4 Å². The van der Waals surface area contributed by atoms with E-state index in [-0.39, 0.29) is 6.04 Å². The zero-order chi connectivity index (χ0) is 10.6. The summed E-state index contributed by atoms with van der Waals surface area (Å²) in [6.07, 6.45) is 1.23. The topological polar surface area (TPSA) is 71.2 Å². The lowest BCUT2D eigenvalue weighted by Gasteiger charge is -2.15. The number of hydrogen-bond donors (Lipinski definition) is 3. The molecule has 0 radical (unpaired) electrons. The second-order valence-corrected chi connectivity index (χ2v) is 3.50. The van der Waals surface area contributed by atoms with Crippen molar-refractivity contribution in [2.45, 2.75) is 26.0 Å². The van der Waals surface area contributed by atoms with E-state index in [1.165, 1.54) is 0 Å². The second kappa shape index (κ2) is 4.93. The quantitative estimate of drug-likeness (QED) is 0.654. The standard InChI is InChI=1S/C10H17N3O/c1-7-3-4-12-10(5-7)13-6-9(11)8(2)14/h3-5,8-9,14H,6,11H2,1-2H3,(H,12,13). The van der Waals surface area contributed by atoms with Crippen molar-refractivity contribution in [1.82, 2.24) is 4.98 Å². The Balaban J connectivity index is 2.45. The predicted octanol–water partition coefficient (Wildman–Crippen LogP) is 0.510. The lowest BCUT2D eigenvalue weighted by molar-refractivity contribution is 0.168. The van der Waals surface area contributed by atoms with E-state index in [2.05, 4.69) is 10.3 Å². The largest absolute Gasteiger partial charge is 0.392 e. The summed E-state index contributed by atoms with van der Waals surface area (Å²) in [5.41, 5.74) is 6.81. The fraction of sp³-hybridized carbons (Fsp3) is 0.500. The third-order valence-electron chi connectivity index (χ3n) is 2.05. The van der Waals surface area contributed by atoms with Crippen LogP contribution in [0.5, 0.6) is 0 Å². The van der Waals surface area contributed by atoms with Gasteiger partial charge in [-0.2, -0.15) is 0 Å². The van der Waals surface area contributed by atoms with Gasteiger partial charge in [0.15, 0.2) is 0 Å². The van der Waals surface area contributed by atoms with Crippen LogP contribution in [0.15, 0.2) is 18.3 Å². The van der Waals surface area contributed by atoms with Crippen molar-refractivity contribution >= 4 is 5.82 Å². The molecule has 0 saturated heterocycles. The molecule has 0 aliphatic rings. The molecule has 2 unspecified atom stereocenters. The molecule has 0 bridgehead atoms. The molecule has 4 heteroatoms. The van der Waals surface area contributed by atoms with Gasteiger partial charge in [0, 0.05) is 18.8 Å². The van der Waals surface area contributed by atoms with Crippen LogP contribution in [0.4, 0.5) is 5.82 Å². The Morgan fingerprint density at radius 1 is 1.64 bits per heavy atom. The Bertz CT molecular complexity index is 288. The number of nitrogens with two attached hydrogens (primary N) is 1. The summed E-state index contributed by atoms with van der Waals surface area (Å²) in [7, 11) is 0. The number of aromatic nitrogens is 1. The van der Waals surface area contributed by atoms with Crippen molar-refractivity contribution in [3.05, 3.63) is 23.9 Å². The number of aryl methyl sites for hydroxylation is 1. The van der Waals surface area contributed by atoms with Gasteiger partial charge < -0.3 is 16.2 Å². The first-order chi connectivity index (χ1) is 6.59. The van der Waals surface area contributed by atoms with Crippen LogP contribution in [0, 0.1) is 6.92 Å². The summed E-state index contributed by atoms with van der Waals surface area (Å²) < 4.78 is 0. The number of hydrogen-bond acceptors (Lipinski definition) is 4. The molecule has 1 aromatic rings. The minimum atomic E-state index is -0.507. The van der Waals surface area contributed by atoms with Crippen molar-refractivity contribution in [2.75, 3.05) is 11.9 Å². The van der Waals surface area contributed by atoms with E-state index >= 15 is 0 Å². The zero-order valence-corrected chi connectivity index (χ0v) is 8.57. The first-order valence-corrected chi connectivity index (χ1v) is 4.70. The van der Waals surface area contributed by atoms with Gasteiger partial charge in [0.1, 0.15) is 5.82 Å². The van der Waals surface area contributed by atoms with Crippen molar-refractivity contribution in [2.24, 2.45) is 5.73 Å². The molecule has 0 aliphatic carbocycles. The van der Waals surface area contributed by atoms with Gasteiger partial charge in [0.05, 0.1) is 6.10 Å². The first-order valence-electron chi connectivity index (χ1n) is 4.70. The normalized spacial score (nSPS) is 14.9. The van der Waals surface area contributed by atoms with Gasteiger partial charge in [-0.25, -0.2) is 4.98 Å². The lowest BCUT2D eigenvalue weighted by Crippen LogP contribution is -2.38. The average molecular weight is 195 g/mol. The maximum absolute atomic E-state index is 9.17. The Labute approximate surface area is 84.2 Å². The molecule has 0 aromatic carbocycles. The van der Waals surface area contributed by atoms with Crippen LogP contribution in [-0.4, -0.2) is 28.8 Å². The summed E-state index contributed by atoms with van der Waals surface area (Å²) in [4.78, 5) is 4.12. The summed E-state index contributed by atoms with van der Waals surface area (Å²) in [6, 6.07) is 3.60. The number of pyridine rings is 1. The third-order valence-corrected chi connectivity index (χ3v) is 2.05. The SMILES string of the molecule is Cc1ccnc(NCC(N)C(C)O)c1. The molecule has 0 amide bonds. The average Bonchev–Trinajstić information content (AvgIpc) is 2.14. The van der Waals surface area contributed by atoms with Gasteiger partial charge in [-0.15, -0.1) is 0 Å². The van der Waals surface area contributed by atoms with Gasteiger partial charge in [0.25, 0.3) is 0 Å². The van der Waals surface area contributed by atoms with Crippen molar-refractivity contribution in [3.8, 4) is 0 Å². The smallest absolute Gasteiger partial charge is 0.126 e. The van der Waals surface area contributed by atoms with Crippen LogP contribution < -0.4 is 11.1 Å². The van der Waals surface area contributed by atoms with Crippen LogP contribution in [-0.2, 0) is 0 Å². The number of anilines is 1. The van der Waals surface area contributed by atoms with E-state index in [0.29, 0.717) is 6.54 Å². The van der Waals surface area contributed by atoms with E-state index in [4.69, 9.17) is 10.8 Å². The highest BCUT2D eigenvalue weighted by atomic mass is 16.3. The third kappa shape index (κ3) is 3.32. The number of rotatable bonds is 4. The van der Waals surface area contributed by atoms with Crippen LogP contribution >= 0.6 is 0 Å². The Hall–Kier alpha value is -1.13. The van der Waals surface area contributed by atoms with Gasteiger partial charge in [-0.3, -0.25) is 0 Å². The van der Waals surface area contributed by atoms with E-state index in [9.17, 15) is 0 Å². The molecule has 0 aliphatic heterocycles. The predicted molar refractivity (Wildman–Crippen MR) is 57.1 cm³/mol. The Kier molecular flexibility index (Phi) is 3.85. The van der Waals surface area contributed by atoms with Gasteiger partial charge in [0.2, 0.25) is 0 Å². The molecule has 2 atom stereocenters. The minimum Gasteiger partial charge on any atom is -0.392 e. The van der Waals surface area contributed by atoms with Crippen molar-refractivity contribution in [3.63, 3.8) is 0 Å². The molecule has 4 nitrogen and oxygen atoms in total. The molecular formula is C10H17N3O. The number of aliphatic hydroxyl groups excluding tert-OH is 1. The number of nitrogens with one attached hydrogen (secondary N) is 1. The Morgan fingerprint density at radius 2 is 2.36 bits per heavy atom. The van der Waals surface area contributed by atoms with Gasteiger partial charge in [-0.05, 0) is 31.5 Å². The fourth-order valence-electron chi connectivity index (χ4n) is 1.03. The molecule has 0 saturated carbocycles. The van der Waals surface area contributed by atoms with Gasteiger partial charge >= 0.3 is 0 Å². The fourth-order valence-corrected chi connectivity index (χ4v) is 1.03. The molecule has 78 valence electrons. The molecule has 1 rings (SSSR count). The van der Waals surface area contributed by atoms with Crippen LogP contribution in [0.2, 0.25) is 0 Å². The highest BCUT2D eigenvalue weighted by molar-refractivity contribution is 5.37. The van der Waals surface area contributed by atoms with E-state index in [1.54, 1.807) is 13.1 Å². The monoisotopic (exact) mass is 195 g/mol. The van der Waals surface area contributed by atoms with Crippen LogP contribution in [0.3, 0.4) is 0 Å². The highest BCUT2D eigenvalue weighted by Crippen LogP contribution is 2.05. The molecule has 1 aromatic heterocycles. The first kappa shape index (κ1) is 10.9. The number of aliphatic hydroxyl groups is 1.